The third-order valence-corrected chi connectivity index (χ3v) is 1.93. The minimum atomic E-state index is 0. The van der Waals surface area contributed by atoms with Crippen molar-refractivity contribution in [3.8, 4) is 0 Å². The van der Waals surface area contributed by atoms with E-state index in [1.807, 2.05) is 12.1 Å². The Morgan fingerprint density at radius 3 is 1.29 bits per heavy atom. The Morgan fingerprint density at radius 1 is 0.571 bits per heavy atom. The van der Waals surface area contributed by atoms with Gasteiger partial charge in [0.2, 0.25) is 0 Å². The molecule has 0 aliphatic rings. The molecule has 0 aliphatic carbocycles. The van der Waals surface area contributed by atoms with Crippen molar-refractivity contribution in [1.29, 1.82) is 0 Å². The van der Waals surface area contributed by atoms with Crippen LogP contribution in [0.4, 0.5) is 0 Å². The van der Waals surface area contributed by atoms with Crippen molar-refractivity contribution < 1.29 is 21.7 Å². The van der Waals surface area contributed by atoms with Crippen molar-refractivity contribution in [2.24, 2.45) is 0 Å². The van der Waals surface area contributed by atoms with Crippen LogP contribution in [0.15, 0.2) is 60.7 Å². The Bertz CT molecular complexity index is 316. The quantitative estimate of drug-likeness (QED) is 0.532. The SMILES string of the molecule is [Ti].c1ccc([CH-]c2ccccc2)cc1. The van der Waals surface area contributed by atoms with E-state index in [1.54, 1.807) is 0 Å². The van der Waals surface area contributed by atoms with Gasteiger partial charge in [0.25, 0.3) is 0 Å². The van der Waals surface area contributed by atoms with Gasteiger partial charge in [-0.15, -0.1) is 41.8 Å². The van der Waals surface area contributed by atoms with E-state index in [9.17, 15) is 0 Å². The zero-order valence-corrected chi connectivity index (χ0v) is 9.41. The van der Waals surface area contributed by atoms with E-state index < -0.39 is 0 Å². The largest absolute Gasteiger partial charge is 0.126 e. The third kappa shape index (κ3) is 3.06. The molecule has 2 aromatic carbocycles. The van der Waals surface area contributed by atoms with Gasteiger partial charge in [-0.3, -0.25) is 0 Å². The van der Waals surface area contributed by atoms with Crippen molar-refractivity contribution in [2.45, 2.75) is 0 Å². The van der Waals surface area contributed by atoms with E-state index in [0.717, 1.165) is 0 Å². The summed E-state index contributed by atoms with van der Waals surface area (Å²) in [6.45, 7) is 0. The molecule has 0 bridgehead atoms. The fourth-order valence-corrected chi connectivity index (χ4v) is 1.29. The number of hydrogen-bond donors (Lipinski definition) is 0. The first-order valence-corrected chi connectivity index (χ1v) is 4.40. The molecule has 0 spiro atoms. The summed E-state index contributed by atoms with van der Waals surface area (Å²) in [6.07, 6.45) is 2.17. The number of hydrogen-bond acceptors (Lipinski definition) is 0. The minimum Gasteiger partial charge on any atom is -0.126 e. The topological polar surface area (TPSA) is 0 Å². The van der Waals surface area contributed by atoms with Gasteiger partial charge in [0, 0.05) is 21.7 Å². The fourth-order valence-electron chi connectivity index (χ4n) is 1.29. The van der Waals surface area contributed by atoms with E-state index in [-0.39, 0.29) is 21.7 Å². The van der Waals surface area contributed by atoms with Crippen molar-refractivity contribution in [2.75, 3.05) is 0 Å². The number of benzene rings is 2. The van der Waals surface area contributed by atoms with Gasteiger partial charge in [0.15, 0.2) is 0 Å². The summed E-state index contributed by atoms with van der Waals surface area (Å²) in [5.41, 5.74) is 2.49. The zero-order chi connectivity index (χ0) is 8.93. The van der Waals surface area contributed by atoms with E-state index in [1.165, 1.54) is 11.1 Å². The van der Waals surface area contributed by atoms with Gasteiger partial charge in [0.05, 0.1) is 0 Å². The van der Waals surface area contributed by atoms with Crippen molar-refractivity contribution >= 4 is 0 Å². The molecule has 1 heteroatoms. The first-order valence-electron chi connectivity index (χ1n) is 4.40. The van der Waals surface area contributed by atoms with Crippen LogP contribution in [-0.4, -0.2) is 0 Å². The molecule has 0 N–H and O–H groups in total. The summed E-state index contributed by atoms with van der Waals surface area (Å²) < 4.78 is 0. The molecule has 0 aromatic heterocycles. The van der Waals surface area contributed by atoms with Crippen molar-refractivity contribution in [3.63, 3.8) is 0 Å². The monoisotopic (exact) mass is 215 g/mol. The van der Waals surface area contributed by atoms with Gasteiger partial charge in [-0.2, -0.15) is 0 Å². The summed E-state index contributed by atoms with van der Waals surface area (Å²) in [5.74, 6) is 0. The summed E-state index contributed by atoms with van der Waals surface area (Å²) in [6, 6.07) is 20.7. The molecule has 0 atom stereocenters. The smallest absolute Gasteiger partial charge is 0 e. The summed E-state index contributed by atoms with van der Waals surface area (Å²) >= 11 is 0. The second-order valence-corrected chi connectivity index (χ2v) is 2.97. The molecular formula is C13H11Ti-. The summed E-state index contributed by atoms with van der Waals surface area (Å²) in [4.78, 5) is 0. The fraction of sp³-hybridized carbons (Fsp3) is 0. The van der Waals surface area contributed by atoms with E-state index >= 15 is 0 Å². The molecule has 0 aliphatic heterocycles. The average molecular weight is 215 g/mol. The standard InChI is InChI=1S/C13H11.Ti/c1-3-7-12(8-4-1)11-13-9-5-2-6-10-13;/h1-11H;/q-1;. The second-order valence-electron chi connectivity index (χ2n) is 2.97. The number of rotatable bonds is 2. The molecule has 0 unspecified atom stereocenters. The Kier molecular flexibility index (Phi) is 4.51. The Morgan fingerprint density at radius 2 is 0.929 bits per heavy atom. The minimum absolute atomic E-state index is 0. The van der Waals surface area contributed by atoms with Crippen LogP contribution in [0.3, 0.4) is 0 Å². The molecule has 0 nitrogen and oxygen atoms in total. The summed E-state index contributed by atoms with van der Waals surface area (Å²) in [7, 11) is 0. The van der Waals surface area contributed by atoms with Gasteiger partial charge in [-0.05, 0) is 0 Å². The molecule has 2 rings (SSSR count). The van der Waals surface area contributed by atoms with Gasteiger partial charge in [-0.25, -0.2) is 0 Å². The predicted molar refractivity (Wildman–Crippen MR) is 55.4 cm³/mol. The molecule has 0 heterocycles. The Balaban J connectivity index is 0.000000980. The van der Waals surface area contributed by atoms with Crippen LogP contribution in [-0.2, 0) is 21.7 Å². The van der Waals surface area contributed by atoms with Crippen LogP contribution in [0.5, 0.6) is 0 Å². The molecule has 0 radical (unpaired) electrons. The van der Waals surface area contributed by atoms with Gasteiger partial charge < -0.3 is 0 Å². The molecule has 0 fully saturated rings. The van der Waals surface area contributed by atoms with Gasteiger partial charge in [-0.1, -0.05) is 36.4 Å². The third-order valence-electron chi connectivity index (χ3n) is 1.93. The van der Waals surface area contributed by atoms with E-state index in [2.05, 4.69) is 55.0 Å². The zero-order valence-electron chi connectivity index (χ0n) is 7.85. The van der Waals surface area contributed by atoms with Gasteiger partial charge in [0.1, 0.15) is 0 Å². The van der Waals surface area contributed by atoms with Crippen LogP contribution >= 0.6 is 0 Å². The van der Waals surface area contributed by atoms with Crippen LogP contribution in [0.2, 0.25) is 0 Å². The van der Waals surface area contributed by atoms with Crippen molar-refractivity contribution in [1.82, 2.24) is 0 Å². The Labute approximate surface area is 99.9 Å². The molecule has 2 aromatic rings. The second kappa shape index (κ2) is 5.69. The maximum atomic E-state index is 2.17. The van der Waals surface area contributed by atoms with E-state index in [4.69, 9.17) is 0 Å². The first-order chi connectivity index (χ1) is 6.45. The maximum Gasteiger partial charge on any atom is 0 e. The van der Waals surface area contributed by atoms with Crippen LogP contribution in [0.25, 0.3) is 0 Å². The first kappa shape index (κ1) is 11.1. The molecule has 68 valence electrons. The normalized spacial score (nSPS) is 8.86. The van der Waals surface area contributed by atoms with Crippen molar-refractivity contribution in [3.05, 3.63) is 78.2 Å². The molecule has 0 saturated carbocycles. The molecular weight excluding hydrogens is 204 g/mol. The summed E-state index contributed by atoms with van der Waals surface area (Å²) in [5, 5.41) is 0. The molecule has 0 saturated heterocycles. The molecule has 0 amide bonds. The predicted octanol–water partition coefficient (Wildman–Crippen LogP) is 3.28. The van der Waals surface area contributed by atoms with Crippen LogP contribution in [0.1, 0.15) is 11.1 Å². The Hall–Kier alpha value is -0.976. The van der Waals surface area contributed by atoms with Crippen LogP contribution in [0, 0.1) is 6.42 Å². The van der Waals surface area contributed by atoms with E-state index in [0.29, 0.717) is 0 Å². The van der Waals surface area contributed by atoms with Crippen LogP contribution < -0.4 is 0 Å². The molecule has 14 heavy (non-hydrogen) atoms. The maximum absolute atomic E-state index is 2.17. The van der Waals surface area contributed by atoms with Gasteiger partial charge >= 0.3 is 0 Å². The average Bonchev–Trinajstić information content (AvgIpc) is 2.21.